The molecule has 0 bridgehead atoms. The quantitative estimate of drug-likeness (QED) is 0.851. The highest BCUT2D eigenvalue weighted by Crippen LogP contribution is 2.28. The van der Waals surface area contributed by atoms with Gasteiger partial charge in [0.05, 0.1) is 0 Å². The molecule has 100 valence electrons. The number of rotatable bonds is 4. The second kappa shape index (κ2) is 5.57. The number of carbonyl (C=O) groups is 1. The number of carbonyl (C=O) groups excluding carboxylic acids is 1. The number of nitrogens with zero attached hydrogens (tertiary/aromatic N) is 1. The molecule has 4 nitrogen and oxygen atoms in total. The van der Waals surface area contributed by atoms with Gasteiger partial charge in [-0.25, -0.2) is 0 Å². The van der Waals surface area contributed by atoms with E-state index in [4.69, 9.17) is 5.73 Å². The van der Waals surface area contributed by atoms with Crippen LogP contribution in [0.1, 0.15) is 43.9 Å². The largest absolute Gasteiger partial charge is 0.354 e. The first-order valence-corrected chi connectivity index (χ1v) is 6.77. The van der Waals surface area contributed by atoms with E-state index in [0.29, 0.717) is 12.5 Å². The molecule has 2 rings (SSSR count). The Morgan fingerprint density at radius 2 is 2.33 bits per heavy atom. The molecule has 1 aliphatic rings. The van der Waals surface area contributed by atoms with Crippen molar-refractivity contribution < 1.29 is 4.79 Å². The van der Waals surface area contributed by atoms with Crippen LogP contribution in [0.25, 0.3) is 0 Å². The van der Waals surface area contributed by atoms with Crippen LogP contribution in [0.2, 0.25) is 0 Å². The van der Waals surface area contributed by atoms with Crippen LogP contribution in [-0.2, 0) is 17.8 Å². The highest BCUT2D eigenvalue weighted by molar-refractivity contribution is 5.75. The number of aromatic nitrogens is 1. The van der Waals surface area contributed by atoms with Gasteiger partial charge in [-0.1, -0.05) is 13.8 Å². The molecule has 1 aliphatic carbocycles. The predicted molar refractivity (Wildman–Crippen MR) is 72.1 cm³/mol. The number of amides is 1. The van der Waals surface area contributed by atoms with Gasteiger partial charge in [-0.3, -0.25) is 4.79 Å². The van der Waals surface area contributed by atoms with E-state index in [9.17, 15) is 4.79 Å². The number of hydrogen-bond donors (Lipinski definition) is 2. The first-order chi connectivity index (χ1) is 8.56. The summed E-state index contributed by atoms with van der Waals surface area (Å²) in [5, 5.41) is 2.93. The second-order valence-electron chi connectivity index (χ2n) is 5.61. The van der Waals surface area contributed by atoms with Crippen LogP contribution >= 0.6 is 0 Å². The lowest BCUT2D eigenvalue weighted by Gasteiger charge is -2.17. The standard InChI is InChI=1S/C14H23N3O/c1-10(2)6-16-14(18)9-17-7-11-4-3-5-13(15)12(11)8-17/h7-8,10,13H,3-6,9,15H2,1-2H3,(H,16,18). The van der Waals surface area contributed by atoms with Gasteiger partial charge < -0.3 is 15.6 Å². The lowest BCUT2D eigenvalue weighted by Crippen LogP contribution is -2.30. The van der Waals surface area contributed by atoms with Crippen molar-refractivity contribution in [1.82, 2.24) is 9.88 Å². The molecule has 1 aromatic rings. The van der Waals surface area contributed by atoms with Crippen molar-refractivity contribution in [2.24, 2.45) is 11.7 Å². The Bertz CT molecular complexity index is 423. The topological polar surface area (TPSA) is 60.0 Å². The average Bonchev–Trinajstić information content (AvgIpc) is 2.70. The Labute approximate surface area is 109 Å². The van der Waals surface area contributed by atoms with Gasteiger partial charge >= 0.3 is 0 Å². The van der Waals surface area contributed by atoms with Crippen LogP contribution in [0, 0.1) is 5.92 Å². The number of aryl methyl sites for hydroxylation is 1. The van der Waals surface area contributed by atoms with Crippen molar-refractivity contribution in [1.29, 1.82) is 0 Å². The maximum absolute atomic E-state index is 11.7. The lowest BCUT2D eigenvalue weighted by atomic mass is 9.92. The Kier molecular flexibility index (Phi) is 4.07. The molecule has 0 aliphatic heterocycles. The fraction of sp³-hybridized carbons (Fsp3) is 0.643. The summed E-state index contributed by atoms with van der Waals surface area (Å²) in [6, 6.07) is 0.147. The molecule has 18 heavy (non-hydrogen) atoms. The first kappa shape index (κ1) is 13.1. The van der Waals surface area contributed by atoms with Crippen LogP contribution < -0.4 is 11.1 Å². The highest BCUT2D eigenvalue weighted by Gasteiger charge is 2.19. The molecule has 0 saturated carbocycles. The molecular weight excluding hydrogens is 226 g/mol. The fourth-order valence-corrected chi connectivity index (χ4v) is 2.42. The summed E-state index contributed by atoms with van der Waals surface area (Å²) in [6.45, 7) is 5.31. The zero-order valence-corrected chi connectivity index (χ0v) is 11.3. The van der Waals surface area contributed by atoms with Gasteiger partial charge in [0.15, 0.2) is 0 Å². The third-order valence-electron chi connectivity index (χ3n) is 3.39. The minimum absolute atomic E-state index is 0.0737. The zero-order chi connectivity index (χ0) is 13.1. The van der Waals surface area contributed by atoms with Crippen LogP contribution in [0.15, 0.2) is 12.4 Å². The molecule has 4 heteroatoms. The summed E-state index contributed by atoms with van der Waals surface area (Å²) in [4.78, 5) is 11.7. The number of nitrogens with two attached hydrogens (primary N) is 1. The zero-order valence-electron chi connectivity index (χ0n) is 11.3. The Morgan fingerprint density at radius 1 is 1.56 bits per heavy atom. The lowest BCUT2D eigenvalue weighted by molar-refractivity contribution is -0.121. The van der Waals surface area contributed by atoms with Gasteiger partial charge in [-0.15, -0.1) is 0 Å². The van der Waals surface area contributed by atoms with Crippen LogP contribution in [0.4, 0.5) is 0 Å². The monoisotopic (exact) mass is 249 g/mol. The minimum Gasteiger partial charge on any atom is -0.354 e. The third kappa shape index (κ3) is 3.13. The molecule has 0 fully saturated rings. The summed E-state index contributed by atoms with van der Waals surface area (Å²) in [5.41, 5.74) is 8.61. The Hall–Kier alpha value is -1.29. The predicted octanol–water partition coefficient (Wildman–Crippen LogP) is 1.60. The molecule has 1 atom stereocenters. The van der Waals surface area contributed by atoms with E-state index >= 15 is 0 Å². The molecule has 3 N–H and O–H groups in total. The van der Waals surface area contributed by atoms with Gasteiger partial charge in [-0.05, 0) is 36.3 Å². The maximum Gasteiger partial charge on any atom is 0.239 e. The van der Waals surface area contributed by atoms with Gasteiger partial charge in [0.1, 0.15) is 6.54 Å². The molecule has 1 heterocycles. The Morgan fingerprint density at radius 3 is 3.00 bits per heavy atom. The normalized spacial score (nSPS) is 18.8. The first-order valence-electron chi connectivity index (χ1n) is 6.77. The second-order valence-corrected chi connectivity index (χ2v) is 5.61. The van der Waals surface area contributed by atoms with Gasteiger partial charge in [0.2, 0.25) is 5.91 Å². The third-order valence-corrected chi connectivity index (χ3v) is 3.39. The molecule has 0 saturated heterocycles. The van der Waals surface area contributed by atoms with Crippen molar-refractivity contribution in [3.8, 4) is 0 Å². The molecular formula is C14H23N3O. The van der Waals surface area contributed by atoms with Crippen LogP contribution in [-0.4, -0.2) is 17.0 Å². The van der Waals surface area contributed by atoms with E-state index in [1.165, 1.54) is 11.1 Å². The molecule has 1 amide bonds. The summed E-state index contributed by atoms with van der Waals surface area (Å²) in [6.07, 6.45) is 7.40. The van der Waals surface area contributed by atoms with Crippen LogP contribution in [0.5, 0.6) is 0 Å². The van der Waals surface area contributed by atoms with Crippen LogP contribution in [0.3, 0.4) is 0 Å². The van der Waals surface area contributed by atoms with E-state index in [2.05, 4.69) is 25.4 Å². The minimum atomic E-state index is 0.0737. The van der Waals surface area contributed by atoms with E-state index in [0.717, 1.165) is 25.8 Å². The van der Waals surface area contributed by atoms with Crippen molar-refractivity contribution >= 4 is 5.91 Å². The molecule has 0 spiro atoms. The number of fused-ring (bicyclic) bond motifs is 1. The molecule has 1 unspecified atom stereocenters. The van der Waals surface area contributed by atoms with Crippen molar-refractivity contribution in [2.75, 3.05) is 6.54 Å². The molecule has 0 aromatic carbocycles. The van der Waals surface area contributed by atoms with E-state index in [1.807, 2.05) is 10.8 Å². The molecule has 1 aromatic heterocycles. The SMILES string of the molecule is CC(C)CNC(=O)Cn1cc2c(c1)C(N)CCC2. The van der Waals surface area contributed by atoms with Gasteiger partial charge in [-0.2, -0.15) is 0 Å². The van der Waals surface area contributed by atoms with E-state index in [1.54, 1.807) is 0 Å². The number of hydrogen-bond acceptors (Lipinski definition) is 2. The van der Waals surface area contributed by atoms with Crippen molar-refractivity contribution in [3.05, 3.63) is 23.5 Å². The van der Waals surface area contributed by atoms with E-state index in [-0.39, 0.29) is 11.9 Å². The van der Waals surface area contributed by atoms with Crippen molar-refractivity contribution in [2.45, 2.75) is 45.7 Å². The molecule has 0 radical (unpaired) electrons. The average molecular weight is 249 g/mol. The summed E-state index contributed by atoms with van der Waals surface area (Å²) >= 11 is 0. The maximum atomic E-state index is 11.7. The summed E-state index contributed by atoms with van der Waals surface area (Å²) in [5.74, 6) is 0.560. The van der Waals surface area contributed by atoms with Crippen molar-refractivity contribution in [3.63, 3.8) is 0 Å². The van der Waals surface area contributed by atoms with E-state index < -0.39 is 0 Å². The number of nitrogens with one attached hydrogen (secondary N) is 1. The summed E-state index contributed by atoms with van der Waals surface area (Å²) < 4.78 is 1.96. The fourth-order valence-electron chi connectivity index (χ4n) is 2.42. The smallest absolute Gasteiger partial charge is 0.239 e. The van der Waals surface area contributed by atoms with Gasteiger partial charge in [0.25, 0.3) is 0 Å². The van der Waals surface area contributed by atoms with Gasteiger partial charge in [0, 0.05) is 25.0 Å². The Balaban J connectivity index is 1.96. The summed E-state index contributed by atoms with van der Waals surface area (Å²) in [7, 11) is 0. The highest BCUT2D eigenvalue weighted by atomic mass is 16.1.